The van der Waals surface area contributed by atoms with Gasteiger partial charge < -0.3 is 5.73 Å². The van der Waals surface area contributed by atoms with Crippen LogP contribution in [0.15, 0.2) is 18.2 Å². The molecule has 0 saturated carbocycles. The summed E-state index contributed by atoms with van der Waals surface area (Å²) in [4.78, 5) is 4.18. The van der Waals surface area contributed by atoms with Gasteiger partial charge in [-0.05, 0) is 17.5 Å². The first kappa shape index (κ1) is 10.5. The lowest BCUT2D eigenvalue weighted by Gasteiger charge is -2.26. The highest BCUT2D eigenvalue weighted by Gasteiger charge is 2.23. The van der Waals surface area contributed by atoms with Crippen LogP contribution in [0.1, 0.15) is 32.5 Å². The van der Waals surface area contributed by atoms with Crippen LogP contribution in [0.25, 0.3) is 0 Å². The molecule has 0 radical (unpaired) electrons. The van der Waals surface area contributed by atoms with E-state index in [0.717, 1.165) is 5.69 Å². The Morgan fingerprint density at radius 3 is 2.46 bits per heavy atom. The van der Waals surface area contributed by atoms with E-state index in [1.165, 1.54) is 0 Å². The smallest absolute Gasteiger partial charge is 0.129 e. The zero-order valence-corrected chi connectivity index (χ0v) is 8.97. The highest BCUT2D eigenvalue weighted by Crippen LogP contribution is 2.29. The van der Waals surface area contributed by atoms with Gasteiger partial charge in [0, 0.05) is 0 Å². The van der Waals surface area contributed by atoms with Gasteiger partial charge in [-0.2, -0.15) is 0 Å². The van der Waals surface area contributed by atoms with Crippen LogP contribution in [0.4, 0.5) is 0 Å². The maximum atomic E-state index is 6.02. The summed E-state index contributed by atoms with van der Waals surface area (Å²) in [7, 11) is 0. The highest BCUT2D eigenvalue weighted by atomic mass is 35.5. The summed E-state index contributed by atoms with van der Waals surface area (Å²) in [5.74, 6) is 0. The van der Waals surface area contributed by atoms with E-state index in [1.54, 1.807) is 6.07 Å². The largest absolute Gasteiger partial charge is 0.322 e. The molecule has 1 atom stereocenters. The van der Waals surface area contributed by atoms with Gasteiger partial charge in [-0.3, -0.25) is 0 Å². The molecular formula is C10H15ClN2. The van der Waals surface area contributed by atoms with Gasteiger partial charge in [-0.1, -0.05) is 38.4 Å². The fourth-order valence-corrected chi connectivity index (χ4v) is 1.21. The van der Waals surface area contributed by atoms with Crippen LogP contribution >= 0.6 is 11.6 Å². The van der Waals surface area contributed by atoms with Gasteiger partial charge in [0.15, 0.2) is 0 Å². The molecule has 2 N–H and O–H groups in total. The minimum Gasteiger partial charge on any atom is -0.322 e. The maximum absolute atomic E-state index is 6.02. The lowest BCUT2D eigenvalue weighted by molar-refractivity contribution is 0.321. The SMILES string of the molecule is CC(C)(C)[C@@H](N)c1cccc(Cl)n1. The van der Waals surface area contributed by atoms with Crippen molar-refractivity contribution in [1.29, 1.82) is 0 Å². The molecule has 1 aromatic heterocycles. The monoisotopic (exact) mass is 198 g/mol. The molecule has 72 valence electrons. The zero-order chi connectivity index (χ0) is 10.1. The van der Waals surface area contributed by atoms with Crippen molar-refractivity contribution in [3.8, 4) is 0 Å². The van der Waals surface area contributed by atoms with Gasteiger partial charge in [-0.25, -0.2) is 4.98 Å². The zero-order valence-electron chi connectivity index (χ0n) is 8.21. The fraction of sp³-hybridized carbons (Fsp3) is 0.500. The van der Waals surface area contributed by atoms with Crippen molar-refractivity contribution in [2.75, 3.05) is 0 Å². The maximum Gasteiger partial charge on any atom is 0.129 e. The second kappa shape index (κ2) is 3.64. The second-order valence-corrected chi connectivity index (χ2v) is 4.62. The summed E-state index contributed by atoms with van der Waals surface area (Å²) in [5.41, 5.74) is 6.88. The van der Waals surface area contributed by atoms with Gasteiger partial charge in [-0.15, -0.1) is 0 Å². The molecule has 13 heavy (non-hydrogen) atoms. The lowest BCUT2D eigenvalue weighted by atomic mass is 9.85. The molecule has 1 aromatic rings. The Kier molecular flexibility index (Phi) is 2.94. The second-order valence-electron chi connectivity index (χ2n) is 4.23. The van der Waals surface area contributed by atoms with E-state index < -0.39 is 0 Å². The van der Waals surface area contributed by atoms with Crippen molar-refractivity contribution in [3.63, 3.8) is 0 Å². The molecule has 0 aromatic carbocycles. The Balaban J connectivity index is 2.96. The number of hydrogen-bond donors (Lipinski definition) is 1. The van der Waals surface area contributed by atoms with Crippen molar-refractivity contribution >= 4 is 11.6 Å². The Morgan fingerprint density at radius 1 is 1.38 bits per heavy atom. The van der Waals surface area contributed by atoms with Gasteiger partial charge in [0.2, 0.25) is 0 Å². The molecule has 3 heteroatoms. The molecule has 0 aliphatic carbocycles. The number of nitrogens with zero attached hydrogens (tertiary/aromatic N) is 1. The minimum atomic E-state index is -0.0776. The number of pyridine rings is 1. The summed E-state index contributed by atoms with van der Waals surface area (Å²) in [5, 5.41) is 0.497. The van der Waals surface area contributed by atoms with Gasteiger partial charge in [0.1, 0.15) is 5.15 Å². The first-order chi connectivity index (χ1) is 5.91. The van der Waals surface area contributed by atoms with Gasteiger partial charge in [0.05, 0.1) is 11.7 Å². The van der Waals surface area contributed by atoms with Crippen molar-refractivity contribution in [2.45, 2.75) is 26.8 Å². The van der Waals surface area contributed by atoms with Crippen molar-refractivity contribution in [3.05, 3.63) is 29.0 Å². The summed E-state index contributed by atoms with van der Waals surface area (Å²) < 4.78 is 0. The molecule has 0 saturated heterocycles. The minimum absolute atomic E-state index is 0.0116. The number of aromatic nitrogens is 1. The molecule has 0 amide bonds. The summed E-state index contributed by atoms with van der Waals surface area (Å²) in [6.45, 7) is 6.25. The van der Waals surface area contributed by atoms with E-state index in [9.17, 15) is 0 Å². The molecule has 2 nitrogen and oxygen atoms in total. The molecular weight excluding hydrogens is 184 g/mol. The van der Waals surface area contributed by atoms with E-state index in [1.807, 2.05) is 12.1 Å². The summed E-state index contributed by atoms with van der Waals surface area (Å²) in [6.07, 6.45) is 0. The summed E-state index contributed by atoms with van der Waals surface area (Å²) in [6, 6.07) is 5.45. The van der Waals surface area contributed by atoms with Crippen LogP contribution in [0, 0.1) is 5.41 Å². The van der Waals surface area contributed by atoms with Crippen LogP contribution in [-0.4, -0.2) is 4.98 Å². The van der Waals surface area contributed by atoms with E-state index in [0.29, 0.717) is 5.15 Å². The molecule has 0 unspecified atom stereocenters. The van der Waals surface area contributed by atoms with Crippen molar-refractivity contribution in [2.24, 2.45) is 11.1 Å². The van der Waals surface area contributed by atoms with Crippen molar-refractivity contribution < 1.29 is 0 Å². The van der Waals surface area contributed by atoms with Gasteiger partial charge >= 0.3 is 0 Å². The number of rotatable bonds is 1. The van der Waals surface area contributed by atoms with Crippen LogP contribution in [0.3, 0.4) is 0 Å². The van der Waals surface area contributed by atoms with E-state index in [4.69, 9.17) is 17.3 Å². The number of halogens is 1. The third kappa shape index (κ3) is 2.68. The Labute approximate surface area is 84.1 Å². The van der Waals surface area contributed by atoms with Crippen LogP contribution in [-0.2, 0) is 0 Å². The third-order valence-electron chi connectivity index (χ3n) is 1.99. The average molecular weight is 199 g/mol. The van der Waals surface area contributed by atoms with Crippen LogP contribution in [0.2, 0.25) is 5.15 Å². The topological polar surface area (TPSA) is 38.9 Å². The fourth-order valence-electron chi connectivity index (χ4n) is 1.04. The Morgan fingerprint density at radius 2 is 2.00 bits per heavy atom. The van der Waals surface area contributed by atoms with E-state index >= 15 is 0 Å². The molecule has 1 rings (SSSR count). The van der Waals surface area contributed by atoms with Gasteiger partial charge in [0.25, 0.3) is 0 Å². The normalized spacial score (nSPS) is 14.2. The molecule has 0 aliphatic rings. The van der Waals surface area contributed by atoms with E-state index in [-0.39, 0.29) is 11.5 Å². The van der Waals surface area contributed by atoms with E-state index in [2.05, 4.69) is 25.8 Å². The molecule has 0 bridgehead atoms. The van der Waals surface area contributed by atoms with Crippen molar-refractivity contribution in [1.82, 2.24) is 4.98 Å². The number of nitrogens with two attached hydrogens (primary N) is 1. The Hall–Kier alpha value is -0.600. The van der Waals surface area contributed by atoms with Crippen LogP contribution < -0.4 is 5.73 Å². The third-order valence-corrected chi connectivity index (χ3v) is 2.20. The number of hydrogen-bond acceptors (Lipinski definition) is 2. The first-order valence-electron chi connectivity index (χ1n) is 4.29. The molecule has 0 spiro atoms. The highest BCUT2D eigenvalue weighted by molar-refractivity contribution is 6.29. The predicted octanol–water partition coefficient (Wildman–Crippen LogP) is 2.78. The Bertz CT molecular complexity index is 291. The predicted molar refractivity (Wildman–Crippen MR) is 55.6 cm³/mol. The standard InChI is InChI=1S/C10H15ClN2/c1-10(2,3)9(12)7-5-4-6-8(11)13-7/h4-6,9H,12H2,1-3H3/t9-/m0/s1. The summed E-state index contributed by atoms with van der Waals surface area (Å²) >= 11 is 5.77. The van der Waals surface area contributed by atoms with Crippen LogP contribution in [0.5, 0.6) is 0 Å². The first-order valence-corrected chi connectivity index (χ1v) is 4.67. The quantitative estimate of drug-likeness (QED) is 0.705. The lowest BCUT2D eigenvalue weighted by Crippen LogP contribution is -2.27. The molecule has 0 fully saturated rings. The molecule has 1 heterocycles. The molecule has 0 aliphatic heterocycles. The average Bonchev–Trinajstić information content (AvgIpc) is 2.01.